The lowest BCUT2D eigenvalue weighted by molar-refractivity contribution is 0.0166. The molecule has 9 heteroatoms. The van der Waals surface area contributed by atoms with Gasteiger partial charge < -0.3 is 30.0 Å². The van der Waals surface area contributed by atoms with Crippen LogP contribution in [0.2, 0.25) is 0 Å². The fourth-order valence-corrected chi connectivity index (χ4v) is 4.90. The molecule has 4 N–H and O–H groups in total. The third-order valence-corrected chi connectivity index (χ3v) is 6.86. The van der Waals surface area contributed by atoms with Crippen molar-refractivity contribution >= 4 is 16.7 Å². The van der Waals surface area contributed by atoms with Crippen molar-refractivity contribution in [2.24, 2.45) is 5.73 Å². The number of nitrogens with two attached hydrogens (primary N) is 1. The molecule has 224 valence electrons. The Morgan fingerprint density at radius 3 is 2.33 bits per heavy atom. The smallest absolute Gasteiger partial charge is 0.251 e. The third kappa shape index (κ3) is 9.12. The number of hydrogen-bond acceptors (Lipinski definition) is 7. The normalized spacial score (nSPS) is 11.2. The summed E-state index contributed by atoms with van der Waals surface area (Å²) in [4.78, 5) is 12.8. The number of benzene rings is 3. The topological polar surface area (TPSA) is 121 Å². The van der Waals surface area contributed by atoms with Crippen LogP contribution in [-0.2, 0) is 20.6 Å². The molecule has 1 amide bonds. The average molecular weight is 575 g/mol. The van der Waals surface area contributed by atoms with Gasteiger partial charge in [-0.05, 0) is 84.7 Å². The number of ether oxygens (including phenoxy) is 4. The Balaban J connectivity index is 1.30. The zero-order valence-electron chi connectivity index (χ0n) is 24.6. The van der Waals surface area contributed by atoms with Gasteiger partial charge in [0.1, 0.15) is 5.75 Å². The number of aryl methyl sites for hydroxylation is 3. The van der Waals surface area contributed by atoms with Gasteiger partial charge in [0.05, 0.1) is 51.9 Å². The Labute approximate surface area is 247 Å². The van der Waals surface area contributed by atoms with E-state index in [2.05, 4.69) is 39.8 Å². The van der Waals surface area contributed by atoms with Gasteiger partial charge in [0.15, 0.2) is 0 Å². The molecule has 0 saturated carbocycles. The quantitative estimate of drug-likeness (QED) is 0.149. The number of carbonyl (C=O) groups excluding carboxylic acids is 1. The molecule has 0 aliphatic rings. The number of nitrogens with zero attached hydrogens (tertiary/aromatic N) is 1. The van der Waals surface area contributed by atoms with E-state index in [1.54, 1.807) is 0 Å². The molecule has 0 radical (unpaired) electrons. The van der Waals surface area contributed by atoms with E-state index in [1.165, 1.54) is 0 Å². The summed E-state index contributed by atoms with van der Waals surface area (Å²) in [5, 5.41) is 12.2. The molecule has 0 spiro atoms. The Hall–Kier alpha value is -3.76. The fourth-order valence-electron chi connectivity index (χ4n) is 4.90. The highest BCUT2D eigenvalue weighted by molar-refractivity contribution is 5.97. The van der Waals surface area contributed by atoms with Gasteiger partial charge >= 0.3 is 0 Å². The number of aromatic nitrogens is 2. The lowest BCUT2D eigenvalue weighted by Gasteiger charge is -2.15. The van der Waals surface area contributed by atoms with Gasteiger partial charge in [-0.25, -0.2) is 0 Å². The van der Waals surface area contributed by atoms with Crippen LogP contribution in [-0.4, -0.2) is 75.4 Å². The molecule has 4 rings (SSSR count). The molecule has 1 aromatic heterocycles. The molecule has 0 aliphatic heterocycles. The summed E-state index contributed by atoms with van der Waals surface area (Å²) in [6, 6.07) is 18.5. The zero-order valence-corrected chi connectivity index (χ0v) is 24.6. The minimum absolute atomic E-state index is 0.117. The summed E-state index contributed by atoms with van der Waals surface area (Å²) in [5.41, 5.74) is 11.3. The van der Waals surface area contributed by atoms with Crippen LogP contribution in [0.3, 0.4) is 0 Å². The predicted molar refractivity (Wildman–Crippen MR) is 165 cm³/mol. The van der Waals surface area contributed by atoms with Crippen molar-refractivity contribution in [2.75, 3.05) is 59.3 Å². The average Bonchev–Trinajstić information content (AvgIpc) is 3.51. The van der Waals surface area contributed by atoms with Gasteiger partial charge in [-0.3, -0.25) is 9.89 Å². The first kappa shape index (κ1) is 31.2. The van der Waals surface area contributed by atoms with Crippen molar-refractivity contribution in [3.8, 4) is 16.9 Å². The second-order valence-electron chi connectivity index (χ2n) is 10.1. The Morgan fingerprint density at radius 1 is 0.881 bits per heavy atom. The molecule has 1 heterocycles. The van der Waals surface area contributed by atoms with E-state index in [0.717, 1.165) is 57.3 Å². The van der Waals surface area contributed by atoms with E-state index in [9.17, 15) is 4.79 Å². The summed E-state index contributed by atoms with van der Waals surface area (Å²) in [7, 11) is 0. The van der Waals surface area contributed by atoms with E-state index in [-0.39, 0.29) is 5.91 Å². The second kappa shape index (κ2) is 16.6. The molecule has 0 unspecified atom stereocenters. The van der Waals surface area contributed by atoms with Crippen molar-refractivity contribution in [1.29, 1.82) is 0 Å². The molecule has 3 aromatic carbocycles. The van der Waals surface area contributed by atoms with Crippen molar-refractivity contribution in [1.82, 2.24) is 15.5 Å². The highest BCUT2D eigenvalue weighted by atomic mass is 16.5. The maximum Gasteiger partial charge on any atom is 0.251 e. The zero-order chi connectivity index (χ0) is 29.6. The number of hydrogen-bond donors (Lipinski definition) is 3. The van der Waals surface area contributed by atoms with Gasteiger partial charge in [-0.1, -0.05) is 24.3 Å². The van der Waals surface area contributed by atoms with E-state index < -0.39 is 0 Å². The van der Waals surface area contributed by atoms with Gasteiger partial charge in [-0.2, -0.15) is 5.10 Å². The van der Waals surface area contributed by atoms with Crippen LogP contribution in [0.4, 0.5) is 0 Å². The standard InChI is InChI=1S/C33H42N4O5/c1-24-21-28(33(38)35-13-16-40-18-20-41-19-17-39-15-11-34)22-25(2)32(24)27-9-8-26-5-3-7-31(30(26)23-27)42-14-4-6-29-10-12-36-37-29/h3,5,7-10,12,21-23H,4,6,11,13-20,34H2,1-2H3,(H,35,38)(H,36,37). The van der Waals surface area contributed by atoms with Crippen LogP contribution in [0.25, 0.3) is 21.9 Å². The summed E-state index contributed by atoms with van der Waals surface area (Å²) < 4.78 is 22.4. The van der Waals surface area contributed by atoms with E-state index >= 15 is 0 Å². The molecule has 0 aliphatic carbocycles. The Kier molecular flexibility index (Phi) is 12.3. The molecule has 0 saturated heterocycles. The molecule has 0 atom stereocenters. The number of nitrogens with one attached hydrogen (secondary N) is 2. The van der Waals surface area contributed by atoms with Gasteiger partial charge in [-0.15, -0.1) is 0 Å². The highest BCUT2D eigenvalue weighted by Gasteiger charge is 2.14. The summed E-state index contributed by atoms with van der Waals surface area (Å²) >= 11 is 0. The van der Waals surface area contributed by atoms with Crippen molar-refractivity contribution in [3.63, 3.8) is 0 Å². The fraction of sp³-hybridized carbons (Fsp3) is 0.394. The highest BCUT2D eigenvalue weighted by Crippen LogP contribution is 2.34. The lowest BCUT2D eigenvalue weighted by atomic mass is 9.92. The largest absolute Gasteiger partial charge is 0.493 e. The molecule has 0 fully saturated rings. The molecular weight excluding hydrogens is 532 g/mol. The molecule has 4 aromatic rings. The van der Waals surface area contributed by atoms with Crippen LogP contribution in [0.15, 0.2) is 60.8 Å². The second-order valence-corrected chi connectivity index (χ2v) is 10.1. The van der Waals surface area contributed by atoms with Crippen LogP contribution in [0.1, 0.15) is 33.6 Å². The SMILES string of the molecule is Cc1cc(C(=O)NCCOCCOCCOCCN)cc(C)c1-c1ccc2cccc(OCCCc3cc[nH]n3)c2c1. The maximum absolute atomic E-state index is 12.8. The molecule has 9 nitrogen and oxygen atoms in total. The van der Waals surface area contributed by atoms with Crippen molar-refractivity contribution in [3.05, 3.63) is 83.2 Å². The summed E-state index contributed by atoms with van der Waals surface area (Å²) in [5.74, 6) is 0.752. The predicted octanol–water partition coefficient (Wildman–Crippen LogP) is 4.60. The molecular formula is C33H42N4O5. The number of H-pyrrole nitrogens is 1. The Morgan fingerprint density at radius 2 is 1.62 bits per heavy atom. The lowest BCUT2D eigenvalue weighted by Crippen LogP contribution is -2.28. The number of fused-ring (bicyclic) bond motifs is 1. The maximum atomic E-state index is 12.8. The molecule has 42 heavy (non-hydrogen) atoms. The molecule has 0 bridgehead atoms. The van der Waals surface area contributed by atoms with Crippen LogP contribution in [0.5, 0.6) is 5.75 Å². The van der Waals surface area contributed by atoms with E-state index in [4.69, 9.17) is 24.7 Å². The van der Waals surface area contributed by atoms with Gasteiger partial charge in [0.2, 0.25) is 0 Å². The first-order chi connectivity index (χ1) is 20.6. The Bertz CT molecular complexity index is 1380. The van der Waals surface area contributed by atoms with Crippen LogP contribution >= 0.6 is 0 Å². The summed E-state index contributed by atoms with van der Waals surface area (Å²) in [6.45, 7) is 8.57. The van der Waals surface area contributed by atoms with Gasteiger partial charge in [0.25, 0.3) is 5.91 Å². The van der Waals surface area contributed by atoms with Crippen LogP contribution in [0, 0.1) is 13.8 Å². The van der Waals surface area contributed by atoms with Crippen molar-refractivity contribution < 1.29 is 23.7 Å². The summed E-state index contributed by atoms with van der Waals surface area (Å²) in [6.07, 6.45) is 3.59. The van der Waals surface area contributed by atoms with E-state index in [1.807, 2.05) is 50.4 Å². The monoisotopic (exact) mass is 574 g/mol. The first-order valence-electron chi connectivity index (χ1n) is 14.5. The minimum Gasteiger partial charge on any atom is -0.493 e. The first-order valence-corrected chi connectivity index (χ1v) is 14.5. The number of rotatable bonds is 18. The third-order valence-electron chi connectivity index (χ3n) is 6.86. The van der Waals surface area contributed by atoms with Crippen LogP contribution < -0.4 is 15.8 Å². The van der Waals surface area contributed by atoms with Gasteiger partial charge in [0, 0.05) is 30.2 Å². The minimum atomic E-state index is -0.117. The number of carbonyl (C=O) groups is 1. The van der Waals surface area contributed by atoms with Crippen molar-refractivity contribution in [2.45, 2.75) is 26.7 Å². The number of aromatic amines is 1. The number of amides is 1. The van der Waals surface area contributed by atoms with E-state index in [0.29, 0.717) is 64.9 Å².